The van der Waals surface area contributed by atoms with Crippen LogP contribution in [0.4, 0.5) is 0 Å². The Morgan fingerprint density at radius 1 is 1.22 bits per heavy atom. The second-order valence-corrected chi connectivity index (χ2v) is 5.22. The van der Waals surface area contributed by atoms with Crippen molar-refractivity contribution in [2.75, 3.05) is 6.61 Å². The third kappa shape index (κ3) is 6.00. The van der Waals surface area contributed by atoms with Gasteiger partial charge in [0.05, 0.1) is 12.6 Å². The van der Waals surface area contributed by atoms with Gasteiger partial charge in [-0.1, -0.05) is 27.7 Å². The smallest absolute Gasteiger partial charge is 0.328 e. The maximum absolute atomic E-state index is 11.9. The molecule has 0 saturated heterocycles. The van der Waals surface area contributed by atoms with Crippen LogP contribution in [-0.4, -0.2) is 30.6 Å². The Bertz CT molecular complexity index is 277. The highest BCUT2D eigenvalue weighted by Crippen LogP contribution is 2.07. The van der Waals surface area contributed by atoms with Crippen molar-refractivity contribution in [3.63, 3.8) is 0 Å². The van der Waals surface area contributed by atoms with Crippen molar-refractivity contribution in [2.24, 2.45) is 17.6 Å². The molecule has 0 aliphatic carbocycles. The molecule has 5 nitrogen and oxygen atoms in total. The van der Waals surface area contributed by atoms with Gasteiger partial charge in [0.15, 0.2) is 0 Å². The number of rotatable bonds is 7. The molecule has 0 aliphatic heterocycles. The third-order valence-corrected chi connectivity index (χ3v) is 2.57. The van der Waals surface area contributed by atoms with E-state index in [1.807, 2.05) is 27.7 Å². The minimum absolute atomic E-state index is 0.0285. The molecule has 0 aromatic carbocycles. The fraction of sp³-hybridized carbons (Fsp3) is 0.846. The SMILES string of the molecule is CCOC(=O)[C@@H](NC(=O)[C@@H](N)CC(C)C)C(C)C. The number of hydrogen-bond acceptors (Lipinski definition) is 4. The largest absolute Gasteiger partial charge is 0.464 e. The number of amides is 1. The lowest BCUT2D eigenvalue weighted by Gasteiger charge is -2.23. The zero-order valence-electron chi connectivity index (χ0n) is 12.0. The van der Waals surface area contributed by atoms with E-state index in [-0.39, 0.29) is 11.8 Å². The minimum atomic E-state index is -0.629. The van der Waals surface area contributed by atoms with Gasteiger partial charge in [0.25, 0.3) is 0 Å². The van der Waals surface area contributed by atoms with Gasteiger partial charge in [-0.2, -0.15) is 0 Å². The highest BCUT2D eigenvalue weighted by Gasteiger charge is 2.27. The second-order valence-electron chi connectivity index (χ2n) is 5.22. The summed E-state index contributed by atoms with van der Waals surface area (Å²) in [5.74, 6) is -0.391. The van der Waals surface area contributed by atoms with Crippen LogP contribution < -0.4 is 11.1 Å². The molecule has 18 heavy (non-hydrogen) atoms. The normalized spacial score (nSPS) is 14.4. The standard InChI is InChI=1S/C13H26N2O3/c1-6-18-13(17)11(9(4)5)15-12(16)10(14)7-8(2)3/h8-11H,6-7,14H2,1-5H3,(H,15,16)/t10-,11-/m0/s1. The molecule has 0 radical (unpaired) electrons. The van der Waals surface area contributed by atoms with E-state index in [4.69, 9.17) is 10.5 Å². The van der Waals surface area contributed by atoms with E-state index < -0.39 is 18.1 Å². The van der Waals surface area contributed by atoms with Gasteiger partial charge >= 0.3 is 5.97 Å². The molecule has 2 atom stereocenters. The predicted molar refractivity (Wildman–Crippen MR) is 70.8 cm³/mol. The summed E-state index contributed by atoms with van der Waals surface area (Å²) in [6.45, 7) is 9.75. The number of carbonyl (C=O) groups excluding carboxylic acids is 2. The van der Waals surface area contributed by atoms with E-state index in [1.165, 1.54) is 0 Å². The molecule has 0 heterocycles. The summed E-state index contributed by atoms with van der Waals surface area (Å²) in [6, 6.07) is -1.21. The molecule has 0 rings (SSSR count). The lowest BCUT2D eigenvalue weighted by atomic mass is 10.0. The van der Waals surface area contributed by atoms with Crippen molar-refractivity contribution in [3.05, 3.63) is 0 Å². The Kier molecular flexibility index (Phi) is 7.59. The van der Waals surface area contributed by atoms with Gasteiger partial charge in [0, 0.05) is 0 Å². The van der Waals surface area contributed by atoms with Gasteiger partial charge in [-0.3, -0.25) is 4.79 Å². The van der Waals surface area contributed by atoms with Crippen LogP contribution in [0.3, 0.4) is 0 Å². The zero-order valence-corrected chi connectivity index (χ0v) is 12.0. The van der Waals surface area contributed by atoms with Crippen LogP contribution in [0.1, 0.15) is 41.0 Å². The molecular formula is C13H26N2O3. The van der Waals surface area contributed by atoms with Crippen LogP contribution in [0.5, 0.6) is 0 Å². The summed E-state index contributed by atoms with van der Waals surface area (Å²) in [5.41, 5.74) is 5.78. The maximum Gasteiger partial charge on any atom is 0.328 e. The van der Waals surface area contributed by atoms with E-state index in [1.54, 1.807) is 6.92 Å². The van der Waals surface area contributed by atoms with Crippen molar-refractivity contribution >= 4 is 11.9 Å². The lowest BCUT2D eigenvalue weighted by Crippen LogP contribution is -2.51. The van der Waals surface area contributed by atoms with E-state index in [9.17, 15) is 9.59 Å². The summed E-state index contributed by atoms with van der Waals surface area (Å²) >= 11 is 0. The van der Waals surface area contributed by atoms with Crippen molar-refractivity contribution in [2.45, 2.75) is 53.1 Å². The first-order valence-electron chi connectivity index (χ1n) is 6.52. The molecule has 5 heteroatoms. The fourth-order valence-corrected chi connectivity index (χ4v) is 1.61. The highest BCUT2D eigenvalue weighted by molar-refractivity contribution is 5.87. The average molecular weight is 258 g/mol. The van der Waals surface area contributed by atoms with Gasteiger partial charge in [0.1, 0.15) is 6.04 Å². The first kappa shape index (κ1) is 16.9. The molecule has 0 aromatic heterocycles. The second kappa shape index (κ2) is 8.08. The fourth-order valence-electron chi connectivity index (χ4n) is 1.61. The number of carbonyl (C=O) groups is 2. The molecule has 0 unspecified atom stereocenters. The topological polar surface area (TPSA) is 81.4 Å². The molecule has 0 saturated carbocycles. The van der Waals surface area contributed by atoms with Crippen LogP contribution in [0, 0.1) is 11.8 Å². The number of ether oxygens (including phenoxy) is 1. The number of esters is 1. The number of nitrogens with one attached hydrogen (secondary N) is 1. The van der Waals surface area contributed by atoms with Crippen molar-refractivity contribution < 1.29 is 14.3 Å². The van der Waals surface area contributed by atoms with E-state index in [0.29, 0.717) is 18.9 Å². The van der Waals surface area contributed by atoms with Gasteiger partial charge in [-0.15, -0.1) is 0 Å². The van der Waals surface area contributed by atoms with Crippen LogP contribution >= 0.6 is 0 Å². The van der Waals surface area contributed by atoms with Crippen LogP contribution in [0.2, 0.25) is 0 Å². The zero-order chi connectivity index (χ0) is 14.3. The number of nitrogens with two attached hydrogens (primary N) is 1. The van der Waals surface area contributed by atoms with Gasteiger partial charge in [-0.25, -0.2) is 4.79 Å². The van der Waals surface area contributed by atoms with E-state index in [0.717, 1.165) is 0 Å². The summed E-state index contributed by atoms with van der Waals surface area (Å²) in [6.07, 6.45) is 0.597. The maximum atomic E-state index is 11.9. The molecule has 0 aromatic rings. The molecule has 1 amide bonds. The van der Waals surface area contributed by atoms with Crippen LogP contribution in [-0.2, 0) is 14.3 Å². The predicted octanol–water partition coefficient (Wildman–Crippen LogP) is 1.06. The molecule has 106 valence electrons. The highest BCUT2D eigenvalue weighted by atomic mass is 16.5. The Hall–Kier alpha value is -1.10. The molecular weight excluding hydrogens is 232 g/mol. The summed E-state index contributed by atoms with van der Waals surface area (Å²) in [7, 11) is 0. The quantitative estimate of drug-likeness (QED) is 0.669. The third-order valence-electron chi connectivity index (χ3n) is 2.57. The van der Waals surface area contributed by atoms with Crippen molar-refractivity contribution in [3.8, 4) is 0 Å². The van der Waals surface area contributed by atoms with Crippen LogP contribution in [0.15, 0.2) is 0 Å². The Morgan fingerprint density at radius 3 is 2.17 bits per heavy atom. The monoisotopic (exact) mass is 258 g/mol. The van der Waals surface area contributed by atoms with Crippen LogP contribution in [0.25, 0.3) is 0 Å². The summed E-state index contributed by atoms with van der Waals surface area (Å²) in [5, 5.41) is 2.67. The number of hydrogen-bond donors (Lipinski definition) is 2. The summed E-state index contributed by atoms with van der Waals surface area (Å²) in [4.78, 5) is 23.5. The molecule has 0 aliphatic rings. The summed E-state index contributed by atoms with van der Waals surface area (Å²) < 4.78 is 4.93. The molecule has 3 N–H and O–H groups in total. The van der Waals surface area contributed by atoms with Crippen molar-refractivity contribution in [1.29, 1.82) is 0 Å². The Balaban J connectivity index is 4.49. The van der Waals surface area contributed by atoms with E-state index >= 15 is 0 Å². The van der Waals surface area contributed by atoms with Gasteiger partial charge in [0.2, 0.25) is 5.91 Å². The lowest BCUT2D eigenvalue weighted by molar-refractivity contribution is -0.148. The van der Waals surface area contributed by atoms with Gasteiger partial charge < -0.3 is 15.8 Å². The Morgan fingerprint density at radius 2 is 1.78 bits per heavy atom. The average Bonchev–Trinajstić information content (AvgIpc) is 2.24. The first-order valence-corrected chi connectivity index (χ1v) is 6.52. The first-order chi connectivity index (χ1) is 8.29. The molecule has 0 fully saturated rings. The Labute approximate surface area is 109 Å². The molecule has 0 spiro atoms. The van der Waals surface area contributed by atoms with Gasteiger partial charge in [-0.05, 0) is 25.2 Å². The molecule has 0 bridgehead atoms. The van der Waals surface area contributed by atoms with Crippen molar-refractivity contribution in [1.82, 2.24) is 5.32 Å². The minimum Gasteiger partial charge on any atom is -0.464 e. The van der Waals surface area contributed by atoms with E-state index in [2.05, 4.69) is 5.32 Å².